The minimum absolute atomic E-state index is 0.194. The average molecular weight is 242 g/mol. The van der Waals surface area contributed by atoms with Crippen molar-refractivity contribution in [2.45, 2.75) is 51.6 Å². The molecule has 1 fully saturated rings. The third kappa shape index (κ3) is 4.64. The van der Waals surface area contributed by atoms with E-state index in [1.165, 1.54) is 0 Å². The van der Waals surface area contributed by atoms with Crippen LogP contribution in [0.15, 0.2) is 0 Å². The van der Waals surface area contributed by atoms with Gasteiger partial charge in [-0.15, -0.1) is 0 Å². The van der Waals surface area contributed by atoms with Gasteiger partial charge >= 0.3 is 0 Å². The Kier molecular flexibility index (Phi) is 5.40. The fourth-order valence-electron chi connectivity index (χ4n) is 2.28. The number of aliphatic hydroxyl groups is 1. The zero-order valence-corrected chi connectivity index (χ0v) is 11.1. The van der Waals surface area contributed by atoms with Crippen molar-refractivity contribution in [3.63, 3.8) is 0 Å². The molecule has 0 saturated carbocycles. The maximum absolute atomic E-state index is 12.1. The lowest BCUT2D eigenvalue weighted by atomic mass is 9.98. The van der Waals surface area contributed by atoms with E-state index in [1.807, 2.05) is 11.8 Å². The predicted molar refractivity (Wildman–Crippen MR) is 68.5 cm³/mol. The maximum Gasteiger partial charge on any atom is 0.222 e. The van der Waals surface area contributed by atoms with Gasteiger partial charge in [0.2, 0.25) is 5.91 Å². The fraction of sp³-hybridized carbons (Fsp3) is 0.923. The van der Waals surface area contributed by atoms with E-state index in [1.54, 1.807) is 0 Å². The van der Waals surface area contributed by atoms with Crippen LogP contribution in [0.2, 0.25) is 0 Å². The number of hydrogen-bond acceptors (Lipinski definition) is 3. The Hall–Kier alpha value is -0.610. The Morgan fingerprint density at radius 3 is 2.76 bits per heavy atom. The lowest BCUT2D eigenvalue weighted by Gasteiger charge is -2.24. The van der Waals surface area contributed by atoms with Crippen molar-refractivity contribution in [1.82, 2.24) is 4.90 Å². The topological polar surface area (TPSA) is 66.6 Å². The highest BCUT2D eigenvalue weighted by molar-refractivity contribution is 5.76. The van der Waals surface area contributed by atoms with Gasteiger partial charge in [-0.1, -0.05) is 13.3 Å². The van der Waals surface area contributed by atoms with Crippen LogP contribution in [-0.2, 0) is 4.79 Å². The molecule has 1 saturated heterocycles. The van der Waals surface area contributed by atoms with Crippen LogP contribution in [-0.4, -0.2) is 41.1 Å². The van der Waals surface area contributed by atoms with E-state index in [2.05, 4.69) is 6.92 Å². The third-order valence-corrected chi connectivity index (χ3v) is 3.79. The molecule has 0 aromatic carbocycles. The molecular weight excluding hydrogens is 216 g/mol. The van der Waals surface area contributed by atoms with Crippen molar-refractivity contribution >= 4 is 5.91 Å². The molecule has 0 bridgehead atoms. The molecule has 2 unspecified atom stereocenters. The van der Waals surface area contributed by atoms with E-state index in [9.17, 15) is 9.90 Å². The van der Waals surface area contributed by atoms with E-state index in [0.717, 1.165) is 25.8 Å². The summed E-state index contributed by atoms with van der Waals surface area (Å²) in [7, 11) is 0. The van der Waals surface area contributed by atoms with Gasteiger partial charge in [0, 0.05) is 19.5 Å². The number of carbonyl (C=O) groups excluding carboxylic acids is 1. The predicted octanol–water partition coefficient (Wildman–Crippen LogP) is 1.12. The van der Waals surface area contributed by atoms with E-state index in [-0.39, 0.29) is 5.91 Å². The molecule has 1 rings (SSSR count). The number of carbonyl (C=O) groups is 1. The maximum atomic E-state index is 12.1. The first kappa shape index (κ1) is 14.5. The van der Waals surface area contributed by atoms with Crippen LogP contribution in [0.1, 0.15) is 46.0 Å². The van der Waals surface area contributed by atoms with Crippen LogP contribution in [0.4, 0.5) is 0 Å². The Morgan fingerprint density at radius 1 is 1.47 bits per heavy atom. The highest BCUT2D eigenvalue weighted by Crippen LogP contribution is 2.22. The molecule has 0 radical (unpaired) electrons. The summed E-state index contributed by atoms with van der Waals surface area (Å²) in [5.41, 5.74) is 5.02. The van der Waals surface area contributed by atoms with E-state index >= 15 is 0 Å². The summed E-state index contributed by atoms with van der Waals surface area (Å²) in [6.07, 6.45) is 3.85. The molecule has 1 aliphatic heterocycles. The molecule has 1 aliphatic rings. The Bertz CT molecular complexity index is 250. The number of nitrogens with zero attached hydrogens (tertiary/aromatic N) is 1. The van der Waals surface area contributed by atoms with Crippen molar-refractivity contribution in [2.75, 3.05) is 19.6 Å². The molecule has 1 heterocycles. The van der Waals surface area contributed by atoms with Crippen molar-refractivity contribution in [3.8, 4) is 0 Å². The van der Waals surface area contributed by atoms with Gasteiger partial charge in [-0.05, 0) is 38.6 Å². The average Bonchev–Trinajstić information content (AvgIpc) is 2.46. The minimum Gasteiger partial charge on any atom is -0.390 e. The standard InChI is InChI=1S/C13H26N2O2/c1-3-11(10-14)9-12(16)15-7-4-5-13(2,17)6-8-15/h11,17H,3-10,14H2,1-2H3. The van der Waals surface area contributed by atoms with Crippen molar-refractivity contribution in [1.29, 1.82) is 0 Å². The first-order valence-corrected chi connectivity index (χ1v) is 6.68. The number of likely N-dealkylation sites (tertiary alicyclic amines) is 1. The van der Waals surface area contributed by atoms with Gasteiger partial charge in [-0.2, -0.15) is 0 Å². The summed E-state index contributed by atoms with van der Waals surface area (Å²) in [4.78, 5) is 14.0. The van der Waals surface area contributed by atoms with Gasteiger partial charge in [-0.25, -0.2) is 0 Å². The van der Waals surface area contributed by atoms with Crippen LogP contribution >= 0.6 is 0 Å². The quantitative estimate of drug-likeness (QED) is 0.776. The summed E-state index contributed by atoms with van der Waals surface area (Å²) in [5.74, 6) is 0.492. The highest BCUT2D eigenvalue weighted by atomic mass is 16.3. The van der Waals surface area contributed by atoms with Gasteiger partial charge < -0.3 is 15.7 Å². The van der Waals surface area contributed by atoms with Gasteiger partial charge in [0.25, 0.3) is 0 Å². The zero-order valence-electron chi connectivity index (χ0n) is 11.1. The number of hydrogen-bond donors (Lipinski definition) is 2. The molecule has 3 N–H and O–H groups in total. The molecule has 0 aromatic rings. The first-order valence-electron chi connectivity index (χ1n) is 6.68. The smallest absolute Gasteiger partial charge is 0.222 e. The van der Waals surface area contributed by atoms with E-state index in [0.29, 0.717) is 31.8 Å². The second-order valence-electron chi connectivity index (χ2n) is 5.45. The Balaban J connectivity index is 2.47. The number of rotatable bonds is 4. The first-order chi connectivity index (χ1) is 7.98. The van der Waals surface area contributed by atoms with Crippen LogP contribution in [0.3, 0.4) is 0 Å². The van der Waals surface area contributed by atoms with Gasteiger partial charge in [0.05, 0.1) is 5.60 Å². The van der Waals surface area contributed by atoms with Crippen molar-refractivity contribution in [2.24, 2.45) is 11.7 Å². The van der Waals surface area contributed by atoms with Crippen LogP contribution in [0, 0.1) is 5.92 Å². The molecule has 0 aromatic heterocycles. The molecule has 4 heteroatoms. The van der Waals surface area contributed by atoms with Gasteiger partial charge in [0.1, 0.15) is 0 Å². The molecular formula is C13H26N2O2. The lowest BCUT2D eigenvalue weighted by Crippen LogP contribution is -2.35. The molecule has 100 valence electrons. The molecule has 0 spiro atoms. The Morgan fingerprint density at radius 2 is 2.18 bits per heavy atom. The molecule has 2 atom stereocenters. The van der Waals surface area contributed by atoms with E-state index < -0.39 is 5.60 Å². The third-order valence-electron chi connectivity index (χ3n) is 3.79. The molecule has 4 nitrogen and oxygen atoms in total. The van der Waals surface area contributed by atoms with Crippen LogP contribution < -0.4 is 5.73 Å². The molecule has 0 aliphatic carbocycles. The van der Waals surface area contributed by atoms with Gasteiger partial charge in [-0.3, -0.25) is 4.79 Å². The summed E-state index contributed by atoms with van der Waals surface area (Å²) >= 11 is 0. The minimum atomic E-state index is -0.604. The van der Waals surface area contributed by atoms with E-state index in [4.69, 9.17) is 5.73 Å². The molecule has 17 heavy (non-hydrogen) atoms. The van der Waals surface area contributed by atoms with Crippen LogP contribution in [0.5, 0.6) is 0 Å². The highest BCUT2D eigenvalue weighted by Gasteiger charge is 2.27. The Labute approximate surface area is 104 Å². The second-order valence-corrected chi connectivity index (χ2v) is 5.45. The normalized spacial score (nSPS) is 27.6. The largest absolute Gasteiger partial charge is 0.390 e. The monoisotopic (exact) mass is 242 g/mol. The van der Waals surface area contributed by atoms with Crippen molar-refractivity contribution in [3.05, 3.63) is 0 Å². The zero-order chi connectivity index (χ0) is 12.9. The number of amides is 1. The lowest BCUT2D eigenvalue weighted by molar-refractivity contribution is -0.132. The second kappa shape index (κ2) is 6.36. The SMILES string of the molecule is CCC(CN)CC(=O)N1CCCC(C)(O)CC1. The van der Waals surface area contributed by atoms with Crippen molar-refractivity contribution < 1.29 is 9.90 Å². The van der Waals surface area contributed by atoms with Crippen LogP contribution in [0.25, 0.3) is 0 Å². The fourth-order valence-corrected chi connectivity index (χ4v) is 2.28. The summed E-state index contributed by atoms with van der Waals surface area (Å²) in [6.45, 7) is 5.95. The summed E-state index contributed by atoms with van der Waals surface area (Å²) in [5, 5.41) is 9.97. The van der Waals surface area contributed by atoms with Gasteiger partial charge in [0.15, 0.2) is 0 Å². The summed E-state index contributed by atoms with van der Waals surface area (Å²) < 4.78 is 0. The number of nitrogens with two attached hydrogens (primary N) is 1. The summed E-state index contributed by atoms with van der Waals surface area (Å²) in [6, 6.07) is 0. The molecule has 1 amide bonds.